The van der Waals surface area contributed by atoms with E-state index in [-0.39, 0.29) is 17.9 Å². The minimum absolute atomic E-state index is 0.0129. The van der Waals surface area contributed by atoms with E-state index >= 15 is 0 Å². The van der Waals surface area contributed by atoms with Crippen LogP contribution in [0.15, 0.2) is 54.6 Å². The molecule has 1 heterocycles. The third-order valence-corrected chi connectivity index (χ3v) is 4.80. The Bertz CT molecular complexity index is 729. The van der Waals surface area contributed by atoms with E-state index < -0.39 is 0 Å². The zero-order valence-corrected chi connectivity index (χ0v) is 15.9. The highest BCUT2D eigenvalue weighted by Crippen LogP contribution is 2.30. The predicted molar refractivity (Wildman–Crippen MR) is 106 cm³/mol. The second kappa shape index (κ2) is 7.81. The molecule has 0 aliphatic carbocycles. The van der Waals surface area contributed by atoms with Gasteiger partial charge in [0.25, 0.3) is 5.91 Å². The molecule has 1 aliphatic rings. The van der Waals surface area contributed by atoms with Gasteiger partial charge in [-0.05, 0) is 29.2 Å². The van der Waals surface area contributed by atoms with Crippen LogP contribution in [0.4, 0.5) is 5.69 Å². The monoisotopic (exact) mass is 352 g/mol. The summed E-state index contributed by atoms with van der Waals surface area (Å²) in [7, 11) is 0. The molecule has 0 aromatic heterocycles. The highest BCUT2D eigenvalue weighted by Gasteiger charge is 2.23. The molecule has 4 nitrogen and oxygen atoms in total. The lowest BCUT2D eigenvalue weighted by Gasteiger charge is -2.36. The van der Waals surface area contributed by atoms with Gasteiger partial charge in [-0.3, -0.25) is 4.79 Å². The van der Waals surface area contributed by atoms with E-state index in [2.05, 4.69) is 43.9 Å². The van der Waals surface area contributed by atoms with Crippen molar-refractivity contribution in [3.05, 3.63) is 60.2 Å². The number of piperazine rings is 1. The van der Waals surface area contributed by atoms with Crippen molar-refractivity contribution < 1.29 is 9.53 Å². The van der Waals surface area contributed by atoms with Crippen molar-refractivity contribution in [2.45, 2.75) is 26.2 Å². The minimum atomic E-state index is -0.0129. The van der Waals surface area contributed by atoms with Gasteiger partial charge < -0.3 is 14.5 Å². The molecule has 138 valence electrons. The van der Waals surface area contributed by atoms with Crippen LogP contribution in [0.1, 0.15) is 26.3 Å². The molecule has 3 rings (SSSR count). The van der Waals surface area contributed by atoms with E-state index in [0.29, 0.717) is 0 Å². The Balaban J connectivity index is 1.54. The molecular weight excluding hydrogens is 324 g/mol. The van der Waals surface area contributed by atoms with Gasteiger partial charge in [0.15, 0.2) is 6.61 Å². The summed E-state index contributed by atoms with van der Waals surface area (Å²) in [6.45, 7) is 9.73. The van der Waals surface area contributed by atoms with Crippen LogP contribution in [0.25, 0.3) is 0 Å². The summed E-state index contributed by atoms with van der Waals surface area (Å²) in [5.74, 6) is 0.859. The normalized spacial score (nSPS) is 15.0. The number of benzene rings is 2. The maximum absolute atomic E-state index is 12.6. The molecule has 0 bridgehead atoms. The van der Waals surface area contributed by atoms with E-state index in [1.54, 1.807) is 0 Å². The number of rotatable bonds is 4. The standard InChI is InChI=1S/C22H28N2O2/c1-22(2,3)19-11-7-8-12-20(19)26-17-21(25)24-15-13-23(14-16-24)18-9-5-4-6-10-18/h4-12H,13-17H2,1-3H3. The molecule has 0 N–H and O–H groups in total. The number of carbonyl (C=O) groups excluding carboxylic acids is 1. The lowest BCUT2D eigenvalue weighted by molar-refractivity contribution is -0.133. The first-order valence-electron chi connectivity index (χ1n) is 9.25. The summed E-state index contributed by atoms with van der Waals surface area (Å²) in [4.78, 5) is 16.8. The van der Waals surface area contributed by atoms with Gasteiger partial charge in [-0.2, -0.15) is 0 Å². The third kappa shape index (κ3) is 4.37. The molecule has 1 saturated heterocycles. The van der Waals surface area contributed by atoms with Gasteiger partial charge in [0.05, 0.1) is 0 Å². The number of anilines is 1. The van der Waals surface area contributed by atoms with E-state index in [1.807, 2.05) is 41.3 Å². The molecular formula is C22H28N2O2. The molecule has 0 radical (unpaired) electrons. The third-order valence-electron chi connectivity index (χ3n) is 4.80. The molecule has 0 spiro atoms. The Kier molecular flexibility index (Phi) is 5.50. The molecule has 0 unspecified atom stereocenters. The molecule has 2 aromatic rings. The lowest BCUT2D eigenvalue weighted by atomic mass is 9.86. The van der Waals surface area contributed by atoms with E-state index in [0.717, 1.165) is 37.5 Å². The summed E-state index contributed by atoms with van der Waals surface area (Å²) in [5.41, 5.74) is 2.33. The largest absolute Gasteiger partial charge is 0.483 e. The van der Waals surface area contributed by atoms with Crippen molar-refractivity contribution in [3.8, 4) is 5.75 Å². The number of nitrogens with zero attached hydrogens (tertiary/aromatic N) is 2. The smallest absolute Gasteiger partial charge is 0.260 e. The fraction of sp³-hybridized carbons (Fsp3) is 0.409. The van der Waals surface area contributed by atoms with Crippen molar-refractivity contribution in [2.75, 3.05) is 37.7 Å². The van der Waals surface area contributed by atoms with Gasteiger partial charge >= 0.3 is 0 Å². The quantitative estimate of drug-likeness (QED) is 0.841. The number of amides is 1. The summed E-state index contributed by atoms with van der Waals surface area (Å²) in [5, 5.41) is 0. The molecule has 1 aliphatic heterocycles. The SMILES string of the molecule is CC(C)(C)c1ccccc1OCC(=O)N1CCN(c2ccccc2)CC1. The van der Waals surface area contributed by atoms with Gasteiger partial charge in [-0.25, -0.2) is 0 Å². The van der Waals surface area contributed by atoms with Gasteiger partial charge in [-0.15, -0.1) is 0 Å². The molecule has 26 heavy (non-hydrogen) atoms. The molecule has 2 aromatic carbocycles. The zero-order valence-electron chi connectivity index (χ0n) is 15.9. The summed E-state index contributed by atoms with van der Waals surface area (Å²) < 4.78 is 5.89. The number of hydrogen-bond acceptors (Lipinski definition) is 3. The summed E-state index contributed by atoms with van der Waals surface area (Å²) in [6, 6.07) is 18.3. The van der Waals surface area contributed by atoms with Crippen LogP contribution in [0.2, 0.25) is 0 Å². The second-order valence-corrected chi connectivity index (χ2v) is 7.74. The van der Waals surface area contributed by atoms with Crippen molar-refractivity contribution in [1.82, 2.24) is 4.90 Å². The average Bonchev–Trinajstić information content (AvgIpc) is 2.66. The van der Waals surface area contributed by atoms with Crippen molar-refractivity contribution in [2.24, 2.45) is 0 Å². The van der Waals surface area contributed by atoms with E-state index in [1.165, 1.54) is 5.69 Å². The molecule has 4 heteroatoms. The highest BCUT2D eigenvalue weighted by molar-refractivity contribution is 5.78. The van der Waals surface area contributed by atoms with Crippen LogP contribution in [0.5, 0.6) is 5.75 Å². The number of hydrogen-bond donors (Lipinski definition) is 0. The maximum atomic E-state index is 12.6. The molecule has 0 saturated carbocycles. The second-order valence-electron chi connectivity index (χ2n) is 7.74. The Morgan fingerprint density at radius 2 is 1.54 bits per heavy atom. The van der Waals surface area contributed by atoms with Crippen LogP contribution in [-0.4, -0.2) is 43.6 Å². The number of para-hydroxylation sites is 2. The average molecular weight is 352 g/mol. The lowest BCUT2D eigenvalue weighted by Crippen LogP contribution is -2.50. The van der Waals surface area contributed by atoms with Crippen LogP contribution < -0.4 is 9.64 Å². The Labute approximate surface area is 156 Å². The Morgan fingerprint density at radius 1 is 0.923 bits per heavy atom. The van der Waals surface area contributed by atoms with Crippen LogP contribution in [-0.2, 0) is 10.2 Å². The Morgan fingerprint density at radius 3 is 2.19 bits per heavy atom. The van der Waals surface area contributed by atoms with Crippen molar-refractivity contribution in [3.63, 3.8) is 0 Å². The van der Waals surface area contributed by atoms with Crippen molar-refractivity contribution >= 4 is 11.6 Å². The fourth-order valence-electron chi connectivity index (χ4n) is 3.30. The van der Waals surface area contributed by atoms with Crippen LogP contribution in [0, 0.1) is 0 Å². The van der Waals surface area contributed by atoms with Gasteiger partial charge in [0.1, 0.15) is 5.75 Å². The van der Waals surface area contributed by atoms with Crippen molar-refractivity contribution in [1.29, 1.82) is 0 Å². The van der Waals surface area contributed by atoms with Crippen LogP contribution >= 0.6 is 0 Å². The van der Waals surface area contributed by atoms with E-state index in [4.69, 9.17) is 4.74 Å². The van der Waals surface area contributed by atoms with Gasteiger partial charge in [0, 0.05) is 31.9 Å². The number of carbonyl (C=O) groups is 1. The predicted octanol–water partition coefficient (Wildman–Crippen LogP) is 3.71. The zero-order chi connectivity index (χ0) is 18.6. The first-order valence-corrected chi connectivity index (χ1v) is 9.25. The minimum Gasteiger partial charge on any atom is -0.483 e. The topological polar surface area (TPSA) is 32.8 Å². The highest BCUT2D eigenvalue weighted by atomic mass is 16.5. The Hall–Kier alpha value is -2.49. The fourth-order valence-corrected chi connectivity index (χ4v) is 3.30. The van der Waals surface area contributed by atoms with Crippen LogP contribution in [0.3, 0.4) is 0 Å². The first kappa shape index (κ1) is 18.3. The number of ether oxygens (including phenoxy) is 1. The van der Waals surface area contributed by atoms with E-state index in [9.17, 15) is 4.79 Å². The molecule has 1 amide bonds. The first-order chi connectivity index (χ1) is 12.4. The molecule has 1 fully saturated rings. The maximum Gasteiger partial charge on any atom is 0.260 e. The molecule has 0 atom stereocenters. The summed E-state index contributed by atoms with van der Waals surface area (Å²) in [6.07, 6.45) is 0. The summed E-state index contributed by atoms with van der Waals surface area (Å²) >= 11 is 0. The van der Waals surface area contributed by atoms with Gasteiger partial charge in [-0.1, -0.05) is 57.2 Å². The van der Waals surface area contributed by atoms with Gasteiger partial charge in [0.2, 0.25) is 0 Å².